The molecule has 0 aliphatic carbocycles. The van der Waals surface area contributed by atoms with Gasteiger partial charge in [0, 0.05) is 18.2 Å². The molecule has 0 saturated carbocycles. The van der Waals surface area contributed by atoms with Crippen molar-refractivity contribution in [3.05, 3.63) is 34.9 Å². The standard InChI is InChI=1S/C13H13F3O4S/c1-7(18)21-6-11(19)12(20)9-3-2-8(5-17)4-10(9)13(14,15)16/h2-5,11-12,19-20H,6H2,1H3. The summed E-state index contributed by atoms with van der Waals surface area (Å²) in [5.41, 5.74) is -1.91. The fraction of sp³-hybridized carbons (Fsp3) is 0.385. The smallest absolute Gasteiger partial charge is 0.389 e. The summed E-state index contributed by atoms with van der Waals surface area (Å²) < 4.78 is 38.8. The van der Waals surface area contributed by atoms with Gasteiger partial charge in [-0.25, -0.2) is 0 Å². The molecular weight excluding hydrogens is 309 g/mol. The van der Waals surface area contributed by atoms with Gasteiger partial charge in [-0.05, 0) is 11.6 Å². The molecule has 2 unspecified atom stereocenters. The summed E-state index contributed by atoms with van der Waals surface area (Å²) >= 11 is 0.697. The zero-order valence-electron chi connectivity index (χ0n) is 10.9. The lowest BCUT2D eigenvalue weighted by Gasteiger charge is -2.21. The van der Waals surface area contributed by atoms with E-state index < -0.39 is 29.5 Å². The third-order valence-corrected chi connectivity index (χ3v) is 3.57. The van der Waals surface area contributed by atoms with E-state index in [1.807, 2.05) is 0 Å². The molecule has 1 aromatic rings. The number of hydrogen-bond donors (Lipinski definition) is 2. The number of aliphatic hydroxyl groups is 2. The highest BCUT2D eigenvalue weighted by Gasteiger charge is 2.36. The van der Waals surface area contributed by atoms with E-state index >= 15 is 0 Å². The molecule has 116 valence electrons. The van der Waals surface area contributed by atoms with E-state index in [1.165, 1.54) is 6.92 Å². The molecule has 0 saturated heterocycles. The van der Waals surface area contributed by atoms with E-state index in [0.29, 0.717) is 17.8 Å². The molecule has 0 heterocycles. The molecule has 8 heteroatoms. The fourth-order valence-electron chi connectivity index (χ4n) is 1.65. The first-order valence-corrected chi connectivity index (χ1v) is 6.81. The average Bonchev–Trinajstić information content (AvgIpc) is 2.42. The van der Waals surface area contributed by atoms with Gasteiger partial charge in [-0.2, -0.15) is 13.2 Å². The molecule has 2 atom stereocenters. The molecule has 0 aromatic heterocycles. The minimum absolute atomic E-state index is 0.189. The van der Waals surface area contributed by atoms with Gasteiger partial charge in [-0.1, -0.05) is 23.9 Å². The van der Waals surface area contributed by atoms with Gasteiger partial charge >= 0.3 is 6.18 Å². The predicted molar refractivity (Wildman–Crippen MR) is 70.9 cm³/mol. The summed E-state index contributed by atoms with van der Waals surface area (Å²) in [5, 5.41) is 19.2. The molecule has 21 heavy (non-hydrogen) atoms. The number of rotatable bonds is 5. The van der Waals surface area contributed by atoms with Gasteiger partial charge in [0.15, 0.2) is 5.12 Å². The maximum Gasteiger partial charge on any atom is 0.416 e. The van der Waals surface area contributed by atoms with Gasteiger partial charge in [0.1, 0.15) is 12.4 Å². The molecule has 0 aliphatic heterocycles. The molecular formula is C13H13F3O4S. The monoisotopic (exact) mass is 322 g/mol. The molecule has 0 radical (unpaired) electrons. The Balaban J connectivity index is 3.10. The predicted octanol–water partition coefficient (Wildman–Crippen LogP) is 2.19. The molecule has 0 bridgehead atoms. The largest absolute Gasteiger partial charge is 0.416 e. The number of benzene rings is 1. The molecule has 2 N–H and O–H groups in total. The van der Waals surface area contributed by atoms with Crippen LogP contribution in [0.15, 0.2) is 18.2 Å². The Morgan fingerprint density at radius 2 is 2.00 bits per heavy atom. The molecule has 0 amide bonds. The Bertz CT molecular complexity index is 531. The minimum atomic E-state index is -4.78. The third-order valence-electron chi connectivity index (χ3n) is 2.66. The maximum absolute atomic E-state index is 12.9. The van der Waals surface area contributed by atoms with Crippen LogP contribution in [0.4, 0.5) is 13.2 Å². The highest BCUT2D eigenvalue weighted by molar-refractivity contribution is 8.13. The molecule has 4 nitrogen and oxygen atoms in total. The van der Waals surface area contributed by atoms with Crippen molar-refractivity contribution >= 4 is 23.2 Å². The third kappa shape index (κ3) is 4.83. The molecule has 1 aromatic carbocycles. The van der Waals surface area contributed by atoms with Crippen LogP contribution in [0.3, 0.4) is 0 Å². The number of hydrogen-bond acceptors (Lipinski definition) is 5. The summed E-state index contributed by atoms with van der Waals surface area (Å²) in [5.74, 6) is -0.233. The van der Waals surface area contributed by atoms with Crippen LogP contribution < -0.4 is 0 Å². The Labute approximate surface area is 123 Å². The van der Waals surface area contributed by atoms with Crippen molar-refractivity contribution in [2.24, 2.45) is 0 Å². The Kier molecular flexibility index (Phi) is 5.94. The summed E-state index contributed by atoms with van der Waals surface area (Å²) in [6.45, 7) is 1.24. The van der Waals surface area contributed by atoms with Gasteiger partial charge in [-0.3, -0.25) is 9.59 Å². The lowest BCUT2D eigenvalue weighted by Crippen LogP contribution is -2.24. The van der Waals surface area contributed by atoms with E-state index in [-0.39, 0.29) is 22.7 Å². The van der Waals surface area contributed by atoms with Gasteiger partial charge in [0.25, 0.3) is 0 Å². The van der Waals surface area contributed by atoms with E-state index in [1.54, 1.807) is 0 Å². The second kappa shape index (κ2) is 7.06. The van der Waals surface area contributed by atoms with Gasteiger partial charge in [0.05, 0.1) is 11.7 Å². The lowest BCUT2D eigenvalue weighted by atomic mass is 9.97. The van der Waals surface area contributed by atoms with Gasteiger partial charge in [0.2, 0.25) is 0 Å². The Morgan fingerprint density at radius 3 is 2.48 bits per heavy atom. The SMILES string of the molecule is CC(=O)SCC(O)C(O)c1ccc(C=O)cc1C(F)(F)F. The maximum atomic E-state index is 12.9. The number of aldehydes is 1. The highest BCUT2D eigenvalue weighted by Crippen LogP contribution is 2.36. The zero-order valence-corrected chi connectivity index (χ0v) is 11.7. The van der Waals surface area contributed by atoms with Crippen molar-refractivity contribution in [1.29, 1.82) is 0 Å². The van der Waals surface area contributed by atoms with Crippen LogP contribution in [0.5, 0.6) is 0 Å². The van der Waals surface area contributed by atoms with Crippen LogP contribution in [0, 0.1) is 0 Å². The number of carbonyl (C=O) groups excluding carboxylic acids is 2. The first kappa shape index (κ1) is 17.7. The van der Waals surface area contributed by atoms with Crippen molar-refractivity contribution < 1.29 is 33.0 Å². The van der Waals surface area contributed by atoms with Crippen molar-refractivity contribution in [1.82, 2.24) is 0 Å². The Morgan fingerprint density at radius 1 is 1.38 bits per heavy atom. The molecule has 1 rings (SSSR count). The first-order valence-electron chi connectivity index (χ1n) is 5.82. The zero-order chi connectivity index (χ0) is 16.2. The molecule has 0 aliphatic rings. The summed E-state index contributed by atoms with van der Waals surface area (Å²) in [7, 11) is 0. The number of halogens is 3. The number of alkyl halides is 3. The van der Waals surface area contributed by atoms with Crippen molar-refractivity contribution in [2.75, 3.05) is 5.75 Å². The molecule has 0 fully saturated rings. The second-order valence-corrected chi connectivity index (χ2v) is 5.47. The van der Waals surface area contributed by atoms with Crippen LogP contribution in [-0.2, 0) is 11.0 Å². The van der Waals surface area contributed by atoms with Crippen LogP contribution in [-0.4, -0.2) is 33.5 Å². The van der Waals surface area contributed by atoms with E-state index in [2.05, 4.69) is 0 Å². The quantitative estimate of drug-likeness (QED) is 0.813. The van der Waals surface area contributed by atoms with Crippen LogP contribution in [0.25, 0.3) is 0 Å². The normalized spacial score (nSPS) is 14.6. The lowest BCUT2D eigenvalue weighted by molar-refractivity contribution is -0.139. The van der Waals surface area contributed by atoms with Gasteiger partial charge < -0.3 is 10.2 Å². The second-order valence-electron chi connectivity index (χ2n) is 4.28. The number of aliphatic hydroxyl groups excluding tert-OH is 2. The van der Waals surface area contributed by atoms with Crippen molar-refractivity contribution in [3.63, 3.8) is 0 Å². The van der Waals surface area contributed by atoms with Gasteiger partial charge in [-0.15, -0.1) is 0 Å². The topological polar surface area (TPSA) is 74.6 Å². The minimum Gasteiger partial charge on any atom is -0.389 e. The Hall–Kier alpha value is -1.38. The van der Waals surface area contributed by atoms with Crippen molar-refractivity contribution in [2.45, 2.75) is 25.3 Å². The summed E-state index contributed by atoms with van der Waals surface area (Å²) in [4.78, 5) is 21.3. The highest BCUT2D eigenvalue weighted by atomic mass is 32.2. The average molecular weight is 322 g/mol. The molecule has 0 spiro atoms. The fourth-order valence-corrected chi connectivity index (χ4v) is 2.24. The van der Waals surface area contributed by atoms with Crippen LogP contribution >= 0.6 is 11.8 Å². The summed E-state index contributed by atoms with van der Waals surface area (Å²) in [6.07, 6.45) is -7.87. The van der Waals surface area contributed by atoms with Crippen LogP contribution in [0.2, 0.25) is 0 Å². The van der Waals surface area contributed by atoms with E-state index in [9.17, 15) is 33.0 Å². The number of carbonyl (C=O) groups is 2. The van der Waals surface area contributed by atoms with Crippen LogP contribution in [0.1, 0.15) is 34.5 Å². The van der Waals surface area contributed by atoms with Crippen molar-refractivity contribution in [3.8, 4) is 0 Å². The first-order chi connectivity index (χ1) is 9.66. The van der Waals surface area contributed by atoms with E-state index in [0.717, 1.165) is 12.1 Å². The summed E-state index contributed by atoms with van der Waals surface area (Å²) in [6, 6.07) is 2.67. The number of thioether (sulfide) groups is 1. The van der Waals surface area contributed by atoms with E-state index in [4.69, 9.17) is 0 Å².